The minimum atomic E-state index is -0.883. The molecular formula is C11H10O5. The standard InChI is InChI=1S/C11H10O5/c1-2-14-11(13)9(12)7-4-3-5-8-10(7)16-6-15-8/h3-5H,2,6H2,1H3. The summed E-state index contributed by atoms with van der Waals surface area (Å²) in [7, 11) is 0. The fourth-order valence-corrected chi connectivity index (χ4v) is 1.42. The Bertz CT molecular complexity index is 438. The highest BCUT2D eigenvalue weighted by Gasteiger charge is 2.26. The molecule has 0 atom stereocenters. The summed E-state index contributed by atoms with van der Waals surface area (Å²) in [5.41, 5.74) is 0.174. The van der Waals surface area contributed by atoms with Gasteiger partial charge in [-0.2, -0.15) is 0 Å². The van der Waals surface area contributed by atoms with Gasteiger partial charge in [-0.15, -0.1) is 0 Å². The summed E-state index contributed by atoms with van der Waals surface area (Å²) in [5, 5.41) is 0. The molecule has 0 radical (unpaired) electrons. The average Bonchev–Trinajstić information content (AvgIpc) is 2.76. The highest BCUT2D eigenvalue weighted by Crippen LogP contribution is 2.35. The van der Waals surface area contributed by atoms with Crippen LogP contribution in [0.2, 0.25) is 0 Å². The van der Waals surface area contributed by atoms with Crippen molar-refractivity contribution >= 4 is 11.8 Å². The molecule has 0 N–H and O–H groups in total. The number of ketones is 1. The Balaban J connectivity index is 2.31. The predicted octanol–water partition coefficient (Wildman–Crippen LogP) is 1.16. The number of hydrogen-bond acceptors (Lipinski definition) is 5. The molecule has 0 fully saturated rings. The van der Waals surface area contributed by atoms with Gasteiger partial charge >= 0.3 is 5.97 Å². The van der Waals surface area contributed by atoms with Gasteiger partial charge in [0, 0.05) is 0 Å². The van der Waals surface area contributed by atoms with E-state index in [0.717, 1.165) is 0 Å². The van der Waals surface area contributed by atoms with Crippen molar-refractivity contribution in [2.45, 2.75) is 6.92 Å². The normalized spacial score (nSPS) is 12.3. The fraction of sp³-hybridized carbons (Fsp3) is 0.273. The van der Waals surface area contributed by atoms with Gasteiger partial charge < -0.3 is 14.2 Å². The zero-order chi connectivity index (χ0) is 11.5. The molecule has 1 aliphatic heterocycles. The first kappa shape index (κ1) is 10.5. The van der Waals surface area contributed by atoms with Gasteiger partial charge in [0.2, 0.25) is 6.79 Å². The summed E-state index contributed by atoms with van der Waals surface area (Å²) in [5.74, 6) is -0.827. The number of ether oxygens (including phenoxy) is 3. The predicted molar refractivity (Wildman–Crippen MR) is 53.5 cm³/mol. The minimum Gasteiger partial charge on any atom is -0.460 e. The summed E-state index contributed by atoms with van der Waals surface area (Å²) in [6.45, 7) is 1.86. The fourth-order valence-electron chi connectivity index (χ4n) is 1.42. The number of Topliss-reactive ketones (excluding diaryl/α,β-unsaturated/α-hetero) is 1. The molecule has 0 aromatic heterocycles. The van der Waals surface area contributed by atoms with Crippen LogP contribution in [0.3, 0.4) is 0 Å². The van der Waals surface area contributed by atoms with Crippen LogP contribution in [0.15, 0.2) is 18.2 Å². The molecule has 1 aromatic carbocycles. The van der Waals surface area contributed by atoms with Crippen molar-refractivity contribution in [3.05, 3.63) is 23.8 Å². The first-order valence-electron chi connectivity index (χ1n) is 4.84. The lowest BCUT2D eigenvalue weighted by Gasteiger charge is -2.03. The number of fused-ring (bicyclic) bond motifs is 1. The maximum atomic E-state index is 11.7. The molecule has 0 saturated heterocycles. The molecule has 1 heterocycles. The summed E-state index contributed by atoms with van der Waals surface area (Å²) < 4.78 is 14.9. The number of benzene rings is 1. The third kappa shape index (κ3) is 1.71. The van der Waals surface area contributed by atoms with Gasteiger partial charge in [0.15, 0.2) is 11.5 Å². The highest BCUT2D eigenvalue weighted by atomic mass is 16.7. The van der Waals surface area contributed by atoms with Crippen LogP contribution in [0, 0.1) is 0 Å². The molecular weight excluding hydrogens is 212 g/mol. The zero-order valence-corrected chi connectivity index (χ0v) is 8.69. The summed E-state index contributed by atoms with van der Waals surface area (Å²) in [4.78, 5) is 23.0. The van der Waals surface area contributed by atoms with Gasteiger partial charge in [0.1, 0.15) is 0 Å². The quantitative estimate of drug-likeness (QED) is 0.436. The van der Waals surface area contributed by atoms with E-state index in [1.54, 1.807) is 19.1 Å². The van der Waals surface area contributed by atoms with E-state index in [9.17, 15) is 9.59 Å². The number of hydrogen-bond donors (Lipinski definition) is 0. The van der Waals surface area contributed by atoms with Crippen LogP contribution in [0.5, 0.6) is 11.5 Å². The molecule has 5 nitrogen and oxygen atoms in total. The number of carbonyl (C=O) groups excluding carboxylic acids is 2. The van der Waals surface area contributed by atoms with E-state index in [2.05, 4.69) is 4.74 Å². The lowest BCUT2D eigenvalue weighted by atomic mass is 10.1. The van der Waals surface area contributed by atoms with Gasteiger partial charge in [-0.25, -0.2) is 4.79 Å². The van der Waals surface area contributed by atoms with Crippen LogP contribution in [-0.2, 0) is 9.53 Å². The smallest absolute Gasteiger partial charge is 0.379 e. The number of carbonyl (C=O) groups is 2. The van der Waals surface area contributed by atoms with E-state index in [1.807, 2.05) is 0 Å². The molecule has 16 heavy (non-hydrogen) atoms. The lowest BCUT2D eigenvalue weighted by Crippen LogP contribution is -2.17. The summed E-state index contributed by atoms with van der Waals surface area (Å²) in [6.07, 6.45) is 0. The van der Waals surface area contributed by atoms with E-state index in [4.69, 9.17) is 9.47 Å². The van der Waals surface area contributed by atoms with Crippen molar-refractivity contribution in [1.82, 2.24) is 0 Å². The summed E-state index contributed by atoms with van der Waals surface area (Å²) in [6, 6.07) is 4.80. The molecule has 0 amide bonds. The molecule has 2 rings (SSSR count). The van der Waals surface area contributed by atoms with Crippen molar-refractivity contribution in [3.8, 4) is 11.5 Å². The van der Waals surface area contributed by atoms with E-state index in [1.165, 1.54) is 6.07 Å². The molecule has 5 heteroatoms. The second kappa shape index (κ2) is 4.22. The van der Waals surface area contributed by atoms with Gasteiger partial charge in [-0.05, 0) is 19.1 Å². The zero-order valence-electron chi connectivity index (χ0n) is 8.69. The Morgan fingerprint density at radius 2 is 2.19 bits per heavy atom. The molecule has 84 valence electrons. The van der Waals surface area contributed by atoms with Crippen molar-refractivity contribution in [2.24, 2.45) is 0 Å². The van der Waals surface area contributed by atoms with E-state index >= 15 is 0 Å². The number of rotatable bonds is 3. The van der Waals surface area contributed by atoms with Crippen molar-refractivity contribution < 1.29 is 23.8 Å². The van der Waals surface area contributed by atoms with Crippen LogP contribution in [0.1, 0.15) is 17.3 Å². The Labute approximate surface area is 91.9 Å². The van der Waals surface area contributed by atoms with Gasteiger partial charge in [-0.3, -0.25) is 4.79 Å². The SMILES string of the molecule is CCOC(=O)C(=O)c1cccc2c1OCO2. The first-order valence-corrected chi connectivity index (χ1v) is 4.84. The van der Waals surface area contributed by atoms with Crippen molar-refractivity contribution in [2.75, 3.05) is 13.4 Å². The van der Waals surface area contributed by atoms with Gasteiger partial charge in [-0.1, -0.05) is 6.07 Å². The van der Waals surface area contributed by atoms with Crippen LogP contribution >= 0.6 is 0 Å². The van der Waals surface area contributed by atoms with Gasteiger partial charge in [0.05, 0.1) is 12.2 Å². The maximum Gasteiger partial charge on any atom is 0.379 e. The number of esters is 1. The molecule has 0 unspecified atom stereocenters. The Hall–Kier alpha value is -2.04. The molecule has 1 aromatic rings. The Kier molecular flexibility index (Phi) is 2.76. The van der Waals surface area contributed by atoms with Crippen molar-refractivity contribution in [3.63, 3.8) is 0 Å². The monoisotopic (exact) mass is 222 g/mol. The van der Waals surface area contributed by atoms with Crippen molar-refractivity contribution in [1.29, 1.82) is 0 Å². The second-order valence-corrected chi connectivity index (χ2v) is 3.09. The first-order chi connectivity index (χ1) is 7.74. The lowest BCUT2D eigenvalue weighted by molar-refractivity contribution is -0.137. The van der Waals surface area contributed by atoms with Crippen LogP contribution in [0.25, 0.3) is 0 Å². The minimum absolute atomic E-state index is 0.0580. The second-order valence-electron chi connectivity index (χ2n) is 3.09. The third-order valence-corrected chi connectivity index (χ3v) is 2.10. The number of para-hydroxylation sites is 1. The Morgan fingerprint density at radius 1 is 1.38 bits per heavy atom. The van der Waals surface area contributed by atoms with Crippen LogP contribution in [0.4, 0.5) is 0 Å². The molecule has 0 saturated carbocycles. The van der Waals surface area contributed by atoms with Crippen LogP contribution < -0.4 is 9.47 Å². The maximum absolute atomic E-state index is 11.7. The largest absolute Gasteiger partial charge is 0.460 e. The van der Waals surface area contributed by atoms with E-state index < -0.39 is 11.8 Å². The molecule has 0 spiro atoms. The topological polar surface area (TPSA) is 61.8 Å². The van der Waals surface area contributed by atoms with E-state index in [-0.39, 0.29) is 19.0 Å². The molecule has 0 bridgehead atoms. The highest BCUT2D eigenvalue weighted by molar-refractivity contribution is 6.41. The van der Waals surface area contributed by atoms with Crippen LogP contribution in [-0.4, -0.2) is 25.2 Å². The van der Waals surface area contributed by atoms with E-state index in [0.29, 0.717) is 11.5 Å². The molecule has 1 aliphatic rings. The van der Waals surface area contributed by atoms with Gasteiger partial charge in [0.25, 0.3) is 5.78 Å². The summed E-state index contributed by atoms with van der Waals surface area (Å²) >= 11 is 0. The molecule has 0 aliphatic carbocycles. The third-order valence-electron chi connectivity index (χ3n) is 2.10. The average molecular weight is 222 g/mol. The Morgan fingerprint density at radius 3 is 2.94 bits per heavy atom.